The van der Waals surface area contributed by atoms with Gasteiger partial charge in [0.1, 0.15) is 6.61 Å². The van der Waals surface area contributed by atoms with Gasteiger partial charge in [0.05, 0.1) is 11.4 Å². The van der Waals surface area contributed by atoms with Crippen molar-refractivity contribution in [1.29, 1.82) is 0 Å². The number of carbonyl (C=O) groups is 2. The predicted octanol–water partition coefficient (Wildman–Crippen LogP) is 3.55. The maximum Gasteiger partial charge on any atom is 0.407 e. The van der Waals surface area contributed by atoms with Crippen molar-refractivity contribution in [1.82, 2.24) is 14.9 Å². The van der Waals surface area contributed by atoms with E-state index in [1.54, 1.807) is 44.7 Å². The first kappa shape index (κ1) is 30.1. The Bertz CT molecular complexity index is 1130. The first-order valence-electron chi connectivity index (χ1n) is 11.7. The Labute approximate surface area is 222 Å². The van der Waals surface area contributed by atoms with Gasteiger partial charge >= 0.3 is 6.09 Å². The van der Waals surface area contributed by atoms with Gasteiger partial charge in [0.15, 0.2) is 0 Å². The maximum absolute atomic E-state index is 12.9. The topological polar surface area (TPSA) is 108 Å². The Kier molecular flexibility index (Phi) is 12.2. The van der Waals surface area contributed by atoms with Crippen molar-refractivity contribution in [2.45, 2.75) is 30.9 Å². The average molecular weight is 557 g/mol. The molecule has 0 bridgehead atoms. The number of hydrogen-bond donors (Lipinski definition) is 2. The highest BCUT2D eigenvalue weighted by Gasteiger charge is 2.18. The molecule has 12 heteroatoms. The number of rotatable bonds is 14. The van der Waals surface area contributed by atoms with E-state index in [1.807, 2.05) is 37.2 Å². The molecule has 0 saturated heterocycles. The molecule has 2 aromatic carbocycles. The van der Waals surface area contributed by atoms with Crippen LogP contribution in [0.4, 0.5) is 10.5 Å². The number of carbonyl (C=O) groups excluding carboxylic acids is 2. The molecule has 0 aliphatic carbocycles. The highest BCUT2D eigenvalue weighted by Crippen LogP contribution is 2.30. The Morgan fingerprint density at radius 1 is 1.03 bits per heavy atom. The Hall–Kier alpha value is -2.15. The van der Waals surface area contributed by atoms with E-state index in [-0.39, 0.29) is 30.5 Å². The number of nitrogens with one attached hydrogen (secondary N) is 2. The largest absolute Gasteiger partial charge is 0.448 e. The number of sulfonamides is 1. The SMILES string of the molecule is CC(=O)N(CCOC(=O)NCCNS(=O)(=O)c1cccc2c(N(C)C)cccc12)CCSSC(C)C. The van der Waals surface area contributed by atoms with Crippen molar-refractivity contribution in [2.75, 3.05) is 57.5 Å². The summed E-state index contributed by atoms with van der Waals surface area (Å²) in [6.07, 6.45) is -0.664. The average Bonchev–Trinajstić information content (AvgIpc) is 2.82. The molecule has 2 aromatic rings. The fraction of sp³-hybridized carbons (Fsp3) is 0.500. The van der Waals surface area contributed by atoms with Crippen LogP contribution in [0.1, 0.15) is 20.8 Å². The van der Waals surface area contributed by atoms with Gasteiger partial charge in [0.2, 0.25) is 15.9 Å². The van der Waals surface area contributed by atoms with Gasteiger partial charge in [-0.3, -0.25) is 4.79 Å². The number of fused-ring (bicyclic) bond motifs is 1. The standard InChI is InChI=1S/C24H36N4O5S3/c1-18(2)35-34-17-15-28(19(3)29)14-16-33-24(30)25-12-13-26-36(31,32)23-11-7-8-20-21(23)9-6-10-22(20)27(4)5/h6-11,18,26H,12-17H2,1-5H3,(H,25,30). The molecule has 0 aliphatic heterocycles. The van der Waals surface area contributed by atoms with E-state index in [9.17, 15) is 18.0 Å². The minimum Gasteiger partial charge on any atom is -0.448 e. The Balaban J connectivity index is 1.79. The summed E-state index contributed by atoms with van der Waals surface area (Å²) in [4.78, 5) is 27.5. The van der Waals surface area contributed by atoms with E-state index in [0.29, 0.717) is 23.7 Å². The zero-order chi connectivity index (χ0) is 26.7. The van der Waals surface area contributed by atoms with Crippen LogP contribution >= 0.6 is 21.6 Å². The zero-order valence-electron chi connectivity index (χ0n) is 21.4. The summed E-state index contributed by atoms with van der Waals surface area (Å²) >= 11 is 0. The lowest BCUT2D eigenvalue weighted by atomic mass is 10.1. The van der Waals surface area contributed by atoms with E-state index in [0.717, 1.165) is 16.8 Å². The zero-order valence-corrected chi connectivity index (χ0v) is 23.9. The molecule has 2 N–H and O–H groups in total. The molecule has 0 radical (unpaired) electrons. The number of benzene rings is 2. The van der Waals surface area contributed by atoms with Crippen molar-refractivity contribution in [3.8, 4) is 0 Å². The van der Waals surface area contributed by atoms with Crippen LogP contribution in [-0.4, -0.2) is 83.2 Å². The smallest absolute Gasteiger partial charge is 0.407 e. The lowest BCUT2D eigenvalue weighted by Crippen LogP contribution is -2.37. The molecular weight excluding hydrogens is 520 g/mol. The lowest BCUT2D eigenvalue weighted by molar-refractivity contribution is -0.129. The van der Waals surface area contributed by atoms with Gasteiger partial charge in [-0.15, -0.1) is 0 Å². The molecule has 2 rings (SSSR count). The molecule has 0 aliphatic rings. The van der Waals surface area contributed by atoms with Gasteiger partial charge in [0, 0.05) is 68.1 Å². The van der Waals surface area contributed by atoms with Gasteiger partial charge in [-0.1, -0.05) is 59.7 Å². The third-order valence-corrected chi connectivity index (χ3v) is 9.51. The molecule has 0 unspecified atom stereocenters. The first-order chi connectivity index (χ1) is 17.0. The second-order valence-electron chi connectivity index (χ2n) is 8.46. The molecule has 0 fully saturated rings. The summed E-state index contributed by atoms with van der Waals surface area (Å²) in [6.45, 7) is 6.73. The predicted molar refractivity (Wildman–Crippen MR) is 150 cm³/mol. The summed E-state index contributed by atoms with van der Waals surface area (Å²) < 4.78 is 33.5. The van der Waals surface area contributed by atoms with Crippen molar-refractivity contribution in [3.63, 3.8) is 0 Å². The summed E-state index contributed by atoms with van der Waals surface area (Å²) in [6, 6.07) is 10.7. The maximum atomic E-state index is 12.9. The van der Waals surface area contributed by atoms with E-state index in [4.69, 9.17) is 4.74 Å². The fourth-order valence-corrected chi connectivity index (χ4v) is 6.62. The molecule has 0 saturated carbocycles. The fourth-order valence-electron chi connectivity index (χ4n) is 3.37. The Morgan fingerprint density at radius 2 is 1.72 bits per heavy atom. The van der Waals surface area contributed by atoms with Crippen LogP contribution in [0.2, 0.25) is 0 Å². The summed E-state index contributed by atoms with van der Waals surface area (Å²) in [5.74, 6) is 0.719. The minimum atomic E-state index is -3.79. The molecule has 2 amide bonds. The van der Waals surface area contributed by atoms with Gasteiger partial charge in [-0.25, -0.2) is 17.9 Å². The normalized spacial score (nSPS) is 11.5. The number of alkyl carbamates (subject to hydrolysis) is 1. The van der Waals surface area contributed by atoms with Crippen LogP contribution in [0, 0.1) is 0 Å². The quantitative estimate of drug-likeness (QED) is 0.269. The van der Waals surface area contributed by atoms with Crippen LogP contribution in [0.25, 0.3) is 10.8 Å². The third kappa shape index (κ3) is 9.38. The van der Waals surface area contributed by atoms with Crippen LogP contribution in [0.5, 0.6) is 0 Å². The van der Waals surface area contributed by atoms with Gasteiger partial charge in [0.25, 0.3) is 0 Å². The summed E-state index contributed by atoms with van der Waals surface area (Å²) in [5, 5.41) is 4.51. The second-order valence-corrected chi connectivity index (χ2v) is 13.3. The van der Waals surface area contributed by atoms with E-state index >= 15 is 0 Å². The molecule has 200 valence electrons. The number of anilines is 1. The highest BCUT2D eigenvalue weighted by atomic mass is 33.1. The van der Waals surface area contributed by atoms with Crippen LogP contribution in [0.15, 0.2) is 41.3 Å². The van der Waals surface area contributed by atoms with Crippen molar-refractivity contribution in [3.05, 3.63) is 36.4 Å². The van der Waals surface area contributed by atoms with E-state index in [2.05, 4.69) is 23.9 Å². The second kappa shape index (κ2) is 14.6. The van der Waals surface area contributed by atoms with Crippen LogP contribution in [-0.2, 0) is 19.6 Å². The van der Waals surface area contributed by atoms with Crippen LogP contribution in [0.3, 0.4) is 0 Å². The monoisotopic (exact) mass is 556 g/mol. The first-order valence-corrected chi connectivity index (χ1v) is 15.5. The lowest BCUT2D eigenvalue weighted by Gasteiger charge is -2.20. The molecule has 0 aromatic heterocycles. The highest BCUT2D eigenvalue weighted by molar-refractivity contribution is 8.76. The van der Waals surface area contributed by atoms with Gasteiger partial charge in [-0.2, -0.15) is 0 Å². The van der Waals surface area contributed by atoms with Gasteiger partial charge < -0.3 is 19.9 Å². The van der Waals surface area contributed by atoms with Gasteiger partial charge in [-0.05, 0) is 12.1 Å². The van der Waals surface area contributed by atoms with E-state index in [1.165, 1.54) is 6.92 Å². The number of hydrogen-bond acceptors (Lipinski definition) is 8. The third-order valence-electron chi connectivity index (χ3n) is 5.06. The number of nitrogens with zero attached hydrogens (tertiary/aromatic N) is 2. The van der Waals surface area contributed by atoms with E-state index < -0.39 is 16.1 Å². The molecule has 9 nitrogen and oxygen atoms in total. The summed E-state index contributed by atoms with van der Waals surface area (Å²) in [5.41, 5.74) is 0.922. The number of ether oxygens (including phenoxy) is 1. The molecule has 36 heavy (non-hydrogen) atoms. The van der Waals surface area contributed by atoms with Crippen LogP contribution < -0.4 is 14.9 Å². The molecule has 0 heterocycles. The van der Waals surface area contributed by atoms with Crippen molar-refractivity contribution >= 4 is 60.1 Å². The number of amides is 2. The Morgan fingerprint density at radius 3 is 2.39 bits per heavy atom. The minimum absolute atomic E-state index is 0.00546. The molecular formula is C24H36N4O5S3. The van der Waals surface area contributed by atoms with Crippen molar-refractivity contribution < 1.29 is 22.7 Å². The summed E-state index contributed by atoms with van der Waals surface area (Å²) in [7, 11) is 3.49. The van der Waals surface area contributed by atoms with Crippen molar-refractivity contribution in [2.24, 2.45) is 0 Å². The molecule has 0 spiro atoms. The molecule has 0 atom stereocenters.